The Balaban J connectivity index is 2.55. The van der Waals surface area contributed by atoms with E-state index in [4.69, 9.17) is 0 Å². The molecule has 1 aromatic heterocycles. The molecule has 0 aliphatic rings. The van der Waals surface area contributed by atoms with Crippen LogP contribution in [-0.4, -0.2) is 19.0 Å². The maximum atomic E-state index is 11.7. The van der Waals surface area contributed by atoms with Crippen molar-refractivity contribution in [1.82, 2.24) is 10.6 Å². The van der Waals surface area contributed by atoms with Crippen LogP contribution in [0.25, 0.3) is 0 Å². The first-order chi connectivity index (χ1) is 8.04. The van der Waals surface area contributed by atoms with E-state index in [-0.39, 0.29) is 11.9 Å². The molecule has 0 fully saturated rings. The molecule has 1 rings (SSSR count). The van der Waals surface area contributed by atoms with Crippen molar-refractivity contribution in [2.75, 3.05) is 7.05 Å². The molecule has 2 N–H and O–H groups in total. The number of thiophene rings is 1. The fraction of sp³-hybridized carbons (Fsp3) is 0.583. The highest BCUT2D eigenvalue weighted by Crippen LogP contribution is 2.22. The Hall–Kier alpha value is -0.390. The van der Waals surface area contributed by atoms with Gasteiger partial charge >= 0.3 is 0 Å². The number of nitrogens with one attached hydrogen (secondary N) is 2. The minimum absolute atomic E-state index is 0.0615. The largest absolute Gasteiger partial charge is 0.358 e. The lowest BCUT2D eigenvalue weighted by molar-refractivity contribution is -0.123. The summed E-state index contributed by atoms with van der Waals surface area (Å²) in [7, 11) is 1.68. The fourth-order valence-corrected chi connectivity index (χ4v) is 3.04. The molecule has 0 aliphatic carbocycles. The SMILES string of the molecule is CNC(=O)C(CC(C)C)NCc1sccc1Br. The highest BCUT2D eigenvalue weighted by molar-refractivity contribution is 9.10. The molecule has 0 spiro atoms. The van der Waals surface area contributed by atoms with E-state index >= 15 is 0 Å². The lowest BCUT2D eigenvalue weighted by Gasteiger charge is -2.18. The molecular formula is C12H19BrN2OS. The smallest absolute Gasteiger partial charge is 0.236 e. The molecule has 0 aromatic carbocycles. The van der Waals surface area contributed by atoms with Gasteiger partial charge < -0.3 is 10.6 Å². The number of likely N-dealkylation sites (N-methyl/N-ethyl adjacent to an activating group) is 1. The third kappa shape index (κ3) is 4.77. The minimum atomic E-state index is -0.117. The van der Waals surface area contributed by atoms with Gasteiger partial charge in [-0.05, 0) is 39.7 Å². The molecular weight excluding hydrogens is 300 g/mol. The third-order valence-corrected chi connectivity index (χ3v) is 4.40. The number of hydrogen-bond acceptors (Lipinski definition) is 3. The number of hydrogen-bond donors (Lipinski definition) is 2. The monoisotopic (exact) mass is 318 g/mol. The fourth-order valence-electron chi connectivity index (χ4n) is 1.60. The van der Waals surface area contributed by atoms with Crippen LogP contribution >= 0.6 is 27.3 Å². The lowest BCUT2D eigenvalue weighted by Crippen LogP contribution is -2.43. The number of amides is 1. The normalized spacial score (nSPS) is 12.8. The molecule has 0 aliphatic heterocycles. The standard InChI is InChI=1S/C12H19BrN2OS/c1-8(2)6-10(12(16)14-3)15-7-11-9(13)4-5-17-11/h4-5,8,10,15H,6-7H2,1-3H3,(H,14,16). The summed E-state index contributed by atoms with van der Waals surface area (Å²) in [6.07, 6.45) is 0.850. The van der Waals surface area contributed by atoms with Crippen molar-refractivity contribution in [2.45, 2.75) is 32.9 Å². The van der Waals surface area contributed by atoms with Crippen molar-refractivity contribution in [1.29, 1.82) is 0 Å². The summed E-state index contributed by atoms with van der Waals surface area (Å²) < 4.78 is 1.11. The van der Waals surface area contributed by atoms with E-state index in [1.54, 1.807) is 18.4 Å². The van der Waals surface area contributed by atoms with Crippen molar-refractivity contribution in [3.8, 4) is 0 Å². The predicted octanol–water partition coefficient (Wildman–Crippen LogP) is 2.76. The minimum Gasteiger partial charge on any atom is -0.358 e. The van der Waals surface area contributed by atoms with Crippen molar-refractivity contribution < 1.29 is 4.79 Å². The van der Waals surface area contributed by atoms with Crippen molar-refractivity contribution in [3.05, 3.63) is 20.8 Å². The van der Waals surface area contributed by atoms with Gasteiger partial charge in [-0.3, -0.25) is 4.79 Å². The number of carbonyl (C=O) groups is 1. The molecule has 1 aromatic rings. The Bertz CT molecular complexity index is 365. The van der Waals surface area contributed by atoms with Crippen LogP contribution in [0.5, 0.6) is 0 Å². The van der Waals surface area contributed by atoms with Gasteiger partial charge in [0, 0.05) is 22.9 Å². The van der Waals surface area contributed by atoms with E-state index in [2.05, 4.69) is 40.4 Å². The van der Waals surface area contributed by atoms with Gasteiger partial charge in [0.2, 0.25) is 5.91 Å². The molecule has 0 radical (unpaired) electrons. The molecule has 0 bridgehead atoms. The van der Waals surface area contributed by atoms with Crippen LogP contribution in [0.2, 0.25) is 0 Å². The topological polar surface area (TPSA) is 41.1 Å². The summed E-state index contributed by atoms with van der Waals surface area (Å²) in [6, 6.07) is 1.91. The lowest BCUT2D eigenvalue weighted by atomic mass is 10.0. The van der Waals surface area contributed by atoms with Crippen LogP contribution in [0.3, 0.4) is 0 Å². The predicted molar refractivity (Wildman–Crippen MR) is 76.2 cm³/mol. The van der Waals surface area contributed by atoms with E-state index in [1.807, 2.05) is 11.4 Å². The molecule has 0 saturated heterocycles. The first kappa shape index (κ1) is 14.7. The average Bonchev–Trinajstić information content (AvgIpc) is 2.68. The summed E-state index contributed by atoms with van der Waals surface area (Å²) in [6.45, 7) is 4.97. The third-order valence-electron chi connectivity index (χ3n) is 2.47. The Kier molecular flexibility index (Phi) is 6.16. The van der Waals surface area contributed by atoms with E-state index in [1.165, 1.54) is 4.88 Å². The average molecular weight is 319 g/mol. The second kappa shape index (κ2) is 7.13. The van der Waals surface area contributed by atoms with Crippen LogP contribution in [0.15, 0.2) is 15.9 Å². The van der Waals surface area contributed by atoms with Gasteiger partial charge in [0.1, 0.15) is 0 Å². The van der Waals surface area contributed by atoms with Crippen LogP contribution in [0, 0.1) is 5.92 Å². The van der Waals surface area contributed by atoms with E-state index in [9.17, 15) is 4.79 Å². The van der Waals surface area contributed by atoms with E-state index in [0.29, 0.717) is 5.92 Å². The second-order valence-corrected chi connectivity index (χ2v) is 6.22. The van der Waals surface area contributed by atoms with Crippen LogP contribution < -0.4 is 10.6 Å². The second-order valence-electron chi connectivity index (χ2n) is 4.37. The van der Waals surface area contributed by atoms with Crippen LogP contribution in [-0.2, 0) is 11.3 Å². The van der Waals surface area contributed by atoms with Crippen LogP contribution in [0.1, 0.15) is 25.1 Å². The Morgan fingerprint density at radius 3 is 2.71 bits per heavy atom. The molecule has 0 saturated carbocycles. The molecule has 1 heterocycles. The van der Waals surface area contributed by atoms with Gasteiger partial charge in [-0.25, -0.2) is 0 Å². The van der Waals surface area contributed by atoms with Gasteiger partial charge in [-0.15, -0.1) is 11.3 Å². The maximum absolute atomic E-state index is 11.7. The Morgan fingerprint density at radius 1 is 1.53 bits per heavy atom. The Labute approximate surface area is 115 Å². The van der Waals surface area contributed by atoms with E-state index in [0.717, 1.165) is 17.4 Å². The zero-order valence-electron chi connectivity index (χ0n) is 10.4. The quantitative estimate of drug-likeness (QED) is 0.846. The summed E-state index contributed by atoms with van der Waals surface area (Å²) in [5, 5.41) is 8.06. The molecule has 17 heavy (non-hydrogen) atoms. The summed E-state index contributed by atoms with van der Waals surface area (Å²) in [4.78, 5) is 12.9. The summed E-state index contributed by atoms with van der Waals surface area (Å²) >= 11 is 5.18. The zero-order chi connectivity index (χ0) is 12.8. The maximum Gasteiger partial charge on any atom is 0.236 e. The van der Waals surface area contributed by atoms with Gasteiger partial charge in [0.05, 0.1) is 6.04 Å². The molecule has 1 unspecified atom stereocenters. The first-order valence-electron chi connectivity index (χ1n) is 5.71. The number of carbonyl (C=O) groups excluding carboxylic acids is 1. The van der Waals surface area contributed by atoms with Gasteiger partial charge in [-0.2, -0.15) is 0 Å². The first-order valence-corrected chi connectivity index (χ1v) is 7.38. The molecule has 1 amide bonds. The molecule has 3 nitrogen and oxygen atoms in total. The molecule has 5 heteroatoms. The summed E-state index contributed by atoms with van der Waals surface area (Å²) in [5.41, 5.74) is 0. The summed E-state index contributed by atoms with van der Waals surface area (Å²) in [5.74, 6) is 0.558. The number of halogens is 1. The van der Waals surface area contributed by atoms with E-state index < -0.39 is 0 Å². The van der Waals surface area contributed by atoms with Gasteiger partial charge in [0.25, 0.3) is 0 Å². The Morgan fingerprint density at radius 2 is 2.24 bits per heavy atom. The molecule has 1 atom stereocenters. The van der Waals surface area contributed by atoms with Gasteiger partial charge in [-0.1, -0.05) is 13.8 Å². The van der Waals surface area contributed by atoms with Gasteiger partial charge in [0.15, 0.2) is 0 Å². The number of rotatable bonds is 6. The van der Waals surface area contributed by atoms with Crippen molar-refractivity contribution in [3.63, 3.8) is 0 Å². The van der Waals surface area contributed by atoms with Crippen molar-refractivity contribution >= 4 is 33.2 Å². The highest BCUT2D eigenvalue weighted by atomic mass is 79.9. The van der Waals surface area contributed by atoms with Crippen molar-refractivity contribution in [2.24, 2.45) is 5.92 Å². The highest BCUT2D eigenvalue weighted by Gasteiger charge is 2.18. The van der Waals surface area contributed by atoms with Crippen LogP contribution in [0.4, 0.5) is 0 Å². The molecule has 96 valence electrons. The zero-order valence-corrected chi connectivity index (χ0v) is 12.8.